The Labute approximate surface area is 70.4 Å². The molecule has 0 bridgehead atoms. The second-order valence-electron chi connectivity index (χ2n) is 2.34. The molecule has 1 atom stereocenters. The minimum atomic E-state index is -1.14. The number of aromatic nitrogens is 1. The molecule has 0 fully saturated rings. The lowest BCUT2D eigenvalue weighted by atomic mass is 10.2. The van der Waals surface area contributed by atoms with Crippen LogP contribution in [0.3, 0.4) is 0 Å². The lowest BCUT2D eigenvalue weighted by molar-refractivity contribution is 0.350. The molecule has 0 aliphatic rings. The first kappa shape index (κ1) is 8.93. The summed E-state index contributed by atoms with van der Waals surface area (Å²) < 4.78 is 17.7. The SMILES string of the molecule is COc1ccc(C(F)CN)cn1. The van der Waals surface area contributed by atoms with E-state index in [2.05, 4.69) is 4.98 Å². The third-order valence-electron chi connectivity index (χ3n) is 1.54. The summed E-state index contributed by atoms with van der Waals surface area (Å²) in [7, 11) is 1.51. The molecular formula is C8H11FN2O. The zero-order valence-corrected chi connectivity index (χ0v) is 6.83. The number of halogens is 1. The Bertz CT molecular complexity index is 237. The summed E-state index contributed by atoms with van der Waals surface area (Å²) in [4.78, 5) is 3.85. The monoisotopic (exact) mass is 170 g/mol. The summed E-state index contributed by atoms with van der Waals surface area (Å²) >= 11 is 0. The van der Waals surface area contributed by atoms with Crippen molar-refractivity contribution in [3.05, 3.63) is 23.9 Å². The van der Waals surface area contributed by atoms with E-state index in [0.29, 0.717) is 11.4 Å². The van der Waals surface area contributed by atoms with Gasteiger partial charge < -0.3 is 10.5 Å². The van der Waals surface area contributed by atoms with Gasteiger partial charge in [0.25, 0.3) is 0 Å². The predicted molar refractivity (Wildman–Crippen MR) is 43.7 cm³/mol. The van der Waals surface area contributed by atoms with Gasteiger partial charge in [-0.25, -0.2) is 9.37 Å². The van der Waals surface area contributed by atoms with Crippen LogP contribution in [0, 0.1) is 0 Å². The Morgan fingerprint density at radius 2 is 2.42 bits per heavy atom. The molecule has 3 nitrogen and oxygen atoms in total. The van der Waals surface area contributed by atoms with E-state index in [1.165, 1.54) is 13.3 Å². The summed E-state index contributed by atoms with van der Waals surface area (Å²) in [6, 6.07) is 3.22. The number of methoxy groups -OCH3 is 1. The van der Waals surface area contributed by atoms with E-state index in [1.807, 2.05) is 0 Å². The fourth-order valence-corrected chi connectivity index (χ4v) is 0.834. The van der Waals surface area contributed by atoms with Crippen LogP contribution in [0.15, 0.2) is 18.3 Å². The van der Waals surface area contributed by atoms with Crippen LogP contribution in [0.25, 0.3) is 0 Å². The van der Waals surface area contributed by atoms with Gasteiger partial charge in [-0.05, 0) is 6.07 Å². The van der Waals surface area contributed by atoms with E-state index in [0.717, 1.165) is 0 Å². The molecule has 1 aromatic heterocycles. The second kappa shape index (κ2) is 4.01. The van der Waals surface area contributed by atoms with Gasteiger partial charge in [0.15, 0.2) is 0 Å². The van der Waals surface area contributed by atoms with Crippen molar-refractivity contribution in [3.63, 3.8) is 0 Å². The molecule has 0 saturated carbocycles. The summed E-state index contributed by atoms with van der Waals surface area (Å²) in [6.45, 7) is -0.0198. The van der Waals surface area contributed by atoms with E-state index < -0.39 is 6.17 Å². The molecule has 4 heteroatoms. The van der Waals surface area contributed by atoms with Crippen molar-refractivity contribution in [2.75, 3.05) is 13.7 Å². The molecule has 1 unspecified atom stereocenters. The number of pyridine rings is 1. The van der Waals surface area contributed by atoms with Crippen LogP contribution in [0.5, 0.6) is 5.88 Å². The van der Waals surface area contributed by atoms with Crippen molar-refractivity contribution in [1.29, 1.82) is 0 Å². The molecule has 1 heterocycles. The van der Waals surface area contributed by atoms with Gasteiger partial charge in [-0.3, -0.25) is 0 Å². The van der Waals surface area contributed by atoms with Gasteiger partial charge in [-0.1, -0.05) is 0 Å². The van der Waals surface area contributed by atoms with E-state index >= 15 is 0 Å². The molecule has 0 aromatic carbocycles. The number of hydrogen-bond acceptors (Lipinski definition) is 3. The molecule has 66 valence electrons. The molecule has 1 aromatic rings. The highest BCUT2D eigenvalue weighted by molar-refractivity contribution is 5.19. The Morgan fingerprint density at radius 3 is 2.83 bits per heavy atom. The maximum atomic E-state index is 12.9. The van der Waals surface area contributed by atoms with Crippen LogP contribution in [0.2, 0.25) is 0 Å². The Hall–Kier alpha value is -1.16. The lowest BCUT2D eigenvalue weighted by Crippen LogP contribution is -2.07. The van der Waals surface area contributed by atoms with Crippen molar-refractivity contribution in [2.45, 2.75) is 6.17 Å². The van der Waals surface area contributed by atoms with Crippen LogP contribution in [-0.2, 0) is 0 Å². The molecule has 12 heavy (non-hydrogen) atoms. The number of nitrogens with zero attached hydrogens (tertiary/aromatic N) is 1. The van der Waals surface area contributed by atoms with Gasteiger partial charge >= 0.3 is 0 Å². The molecule has 0 spiro atoms. The number of ether oxygens (including phenoxy) is 1. The normalized spacial score (nSPS) is 12.6. The summed E-state index contributed by atoms with van der Waals surface area (Å²) in [5, 5.41) is 0. The average molecular weight is 170 g/mol. The molecule has 2 N–H and O–H groups in total. The van der Waals surface area contributed by atoms with E-state index in [1.54, 1.807) is 12.1 Å². The first-order chi connectivity index (χ1) is 5.77. The van der Waals surface area contributed by atoms with Crippen molar-refractivity contribution in [1.82, 2.24) is 4.98 Å². The minimum absolute atomic E-state index is 0.0198. The van der Waals surface area contributed by atoms with E-state index in [9.17, 15) is 4.39 Å². The third-order valence-corrected chi connectivity index (χ3v) is 1.54. The van der Waals surface area contributed by atoms with Crippen molar-refractivity contribution in [2.24, 2.45) is 5.73 Å². The first-order valence-electron chi connectivity index (χ1n) is 3.62. The maximum Gasteiger partial charge on any atom is 0.212 e. The van der Waals surface area contributed by atoms with Crippen molar-refractivity contribution >= 4 is 0 Å². The van der Waals surface area contributed by atoms with E-state index in [4.69, 9.17) is 10.5 Å². The van der Waals surface area contributed by atoms with Crippen LogP contribution < -0.4 is 10.5 Å². The third kappa shape index (κ3) is 1.92. The van der Waals surface area contributed by atoms with E-state index in [-0.39, 0.29) is 6.54 Å². The molecule has 0 saturated heterocycles. The number of hydrogen-bond donors (Lipinski definition) is 1. The lowest BCUT2D eigenvalue weighted by Gasteiger charge is -2.04. The quantitative estimate of drug-likeness (QED) is 0.737. The highest BCUT2D eigenvalue weighted by Crippen LogP contribution is 2.16. The second-order valence-corrected chi connectivity index (χ2v) is 2.34. The van der Waals surface area contributed by atoms with Gasteiger partial charge in [0.1, 0.15) is 6.17 Å². The number of rotatable bonds is 3. The summed E-state index contributed by atoms with van der Waals surface area (Å²) in [5.74, 6) is 0.475. The summed E-state index contributed by atoms with van der Waals surface area (Å²) in [5.41, 5.74) is 5.63. The zero-order chi connectivity index (χ0) is 8.97. The fourth-order valence-electron chi connectivity index (χ4n) is 0.834. The van der Waals surface area contributed by atoms with Gasteiger partial charge in [-0.2, -0.15) is 0 Å². The van der Waals surface area contributed by atoms with Gasteiger partial charge in [0.05, 0.1) is 7.11 Å². The van der Waals surface area contributed by atoms with Crippen molar-refractivity contribution in [3.8, 4) is 5.88 Å². The van der Waals surface area contributed by atoms with Crippen molar-refractivity contribution < 1.29 is 9.13 Å². The molecule has 0 aliphatic carbocycles. The Morgan fingerprint density at radius 1 is 1.67 bits per heavy atom. The first-order valence-corrected chi connectivity index (χ1v) is 3.62. The Kier molecular flexibility index (Phi) is 2.99. The van der Waals surface area contributed by atoms with Gasteiger partial charge in [-0.15, -0.1) is 0 Å². The number of nitrogens with two attached hydrogens (primary N) is 1. The molecule has 0 aliphatic heterocycles. The van der Waals surface area contributed by atoms with Gasteiger partial charge in [0, 0.05) is 24.4 Å². The highest BCUT2D eigenvalue weighted by atomic mass is 19.1. The number of alkyl halides is 1. The van der Waals surface area contributed by atoms with Crippen LogP contribution in [0.1, 0.15) is 11.7 Å². The summed E-state index contributed by atoms with van der Waals surface area (Å²) in [6.07, 6.45) is 0.291. The Balaban J connectivity index is 2.77. The molecule has 0 amide bonds. The minimum Gasteiger partial charge on any atom is -0.481 e. The smallest absolute Gasteiger partial charge is 0.212 e. The van der Waals surface area contributed by atoms with Crippen LogP contribution in [0.4, 0.5) is 4.39 Å². The molecule has 0 radical (unpaired) electrons. The largest absolute Gasteiger partial charge is 0.481 e. The average Bonchev–Trinajstić information content (AvgIpc) is 2.17. The maximum absolute atomic E-state index is 12.9. The van der Waals surface area contributed by atoms with Gasteiger partial charge in [0.2, 0.25) is 5.88 Å². The van der Waals surface area contributed by atoms with Crippen LogP contribution >= 0.6 is 0 Å². The predicted octanol–water partition coefficient (Wildman–Crippen LogP) is 1.06. The highest BCUT2D eigenvalue weighted by Gasteiger charge is 2.06. The fraction of sp³-hybridized carbons (Fsp3) is 0.375. The molecule has 1 rings (SSSR count). The standard InChI is InChI=1S/C8H11FN2O/c1-12-8-3-2-6(5-11-8)7(9)4-10/h2-3,5,7H,4,10H2,1H3. The van der Waals surface area contributed by atoms with Crippen LogP contribution in [-0.4, -0.2) is 18.6 Å². The molecular weight excluding hydrogens is 159 g/mol. The topological polar surface area (TPSA) is 48.1 Å². The zero-order valence-electron chi connectivity index (χ0n) is 6.83.